The molecule has 1 aliphatic rings. The summed E-state index contributed by atoms with van der Waals surface area (Å²) in [6.07, 6.45) is 0.994. The monoisotopic (exact) mass is 335 g/mol. The van der Waals surface area contributed by atoms with Crippen LogP contribution in [0.3, 0.4) is 0 Å². The van der Waals surface area contributed by atoms with Gasteiger partial charge in [-0.1, -0.05) is 17.7 Å². The van der Waals surface area contributed by atoms with Gasteiger partial charge in [-0.2, -0.15) is 0 Å². The van der Waals surface area contributed by atoms with Gasteiger partial charge in [0.25, 0.3) is 0 Å². The zero-order chi connectivity index (χ0) is 16.8. The minimum atomic E-state index is -0.218. The fraction of sp³-hybridized carbons (Fsp3) is 0.529. The normalized spacial score (nSPS) is 18.5. The van der Waals surface area contributed by atoms with Crippen molar-refractivity contribution < 1.29 is 9.59 Å². The number of thioether (sulfide) groups is 1. The lowest BCUT2D eigenvalue weighted by molar-refractivity contribution is -0.130. The highest BCUT2D eigenvalue weighted by Gasteiger charge is 2.26. The Labute approximate surface area is 142 Å². The summed E-state index contributed by atoms with van der Waals surface area (Å²) in [5, 5.41) is 5.90. The summed E-state index contributed by atoms with van der Waals surface area (Å²) in [7, 11) is 1.85. The molecular formula is C17H25N3O2S. The van der Waals surface area contributed by atoms with Gasteiger partial charge in [-0.05, 0) is 38.9 Å². The average molecular weight is 335 g/mol. The third-order valence-electron chi connectivity index (χ3n) is 4.08. The Morgan fingerprint density at radius 3 is 2.70 bits per heavy atom. The average Bonchev–Trinajstić information content (AvgIpc) is 3.08. The highest BCUT2D eigenvalue weighted by atomic mass is 32.2. The van der Waals surface area contributed by atoms with Gasteiger partial charge in [0, 0.05) is 25.3 Å². The lowest BCUT2D eigenvalue weighted by Gasteiger charge is -2.26. The maximum absolute atomic E-state index is 12.4. The number of anilines is 1. The van der Waals surface area contributed by atoms with E-state index >= 15 is 0 Å². The first-order chi connectivity index (χ1) is 11.0. The Balaban J connectivity index is 1.76. The predicted molar refractivity (Wildman–Crippen MR) is 95.8 cm³/mol. The minimum absolute atomic E-state index is 0.0799. The van der Waals surface area contributed by atoms with Crippen LogP contribution in [0.1, 0.15) is 18.9 Å². The molecule has 2 unspecified atom stereocenters. The lowest BCUT2D eigenvalue weighted by atomic mass is 10.2. The van der Waals surface area contributed by atoms with Crippen LogP contribution in [-0.2, 0) is 9.59 Å². The summed E-state index contributed by atoms with van der Waals surface area (Å²) in [6, 6.07) is 7.95. The number of nitrogens with one attached hydrogen (secondary N) is 2. The fourth-order valence-electron chi connectivity index (χ4n) is 2.54. The van der Waals surface area contributed by atoms with Crippen LogP contribution in [0.2, 0.25) is 0 Å². The van der Waals surface area contributed by atoms with Crippen LogP contribution in [0, 0.1) is 6.92 Å². The van der Waals surface area contributed by atoms with Gasteiger partial charge in [0.15, 0.2) is 0 Å². The van der Waals surface area contributed by atoms with E-state index in [-0.39, 0.29) is 28.9 Å². The van der Waals surface area contributed by atoms with E-state index in [2.05, 4.69) is 10.6 Å². The number of likely N-dealkylation sites (N-methyl/N-ethyl adjacent to an activating group) is 1. The van der Waals surface area contributed by atoms with Crippen molar-refractivity contribution in [3.8, 4) is 0 Å². The summed E-state index contributed by atoms with van der Waals surface area (Å²) in [4.78, 5) is 26.2. The molecule has 0 bridgehead atoms. The number of nitrogens with zero attached hydrogens (tertiary/aromatic N) is 1. The lowest BCUT2D eigenvalue weighted by Crippen LogP contribution is -2.42. The van der Waals surface area contributed by atoms with Gasteiger partial charge in [0.2, 0.25) is 11.8 Å². The summed E-state index contributed by atoms with van der Waals surface area (Å²) in [6.45, 7) is 5.69. The van der Waals surface area contributed by atoms with E-state index < -0.39 is 0 Å². The molecular weight excluding hydrogens is 310 g/mol. The second-order valence-electron chi connectivity index (χ2n) is 5.96. The molecule has 23 heavy (non-hydrogen) atoms. The van der Waals surface area contributed by atoms with Crippen LogP contribution in [0.15, 0.2) is 24.3 Å². The van der Waals surface area contributed by atoms with Gasteiger partial charge in [-0.3, -0.25) is 9.59 Å². The van der Waals surface area contributed by atoms with Crippen LogP contribution < -0.4 is 10.6 Å². The predicted octanol–water partition coefficient (Wildman–Crippen LogP) is 1.88. The molecule has 1 fully saturated rings. The maximum Gasteiger partial charge on any atom is 0.235 e. The molecule has 2 amide bonds. The molecule has 0 aliphatic carbocycles. The van der Waals surface area contributed by atoms with Crippen LogP contribution >= 0.6 is 11.8 Å². The summed E-state index contributed by atoms with van der Waals surface area (Å²) < 4.78 is 0. The second kappa shape index (κ2) is 8.36. The fourth-order valence-corrected chi connectivity index (χ4v) is 3.33. The molecule has 0 aromatic heterocycles. The molecule has 5 nitrogen and oxygen atoms in total. The van der Waals surface area contributed by atoms with E-state index in [1.807, 2.05) is 50.1 Å². The van der Waals surface area contributed by atoms with Crippen molar-refractivity contribution in [3.63, 3.8) is 0 Å². The Bertz CT molecular complexity index is 541. The number of aryl methyl sites for hydroxylation is 1. The van der Waals surface area contributed by atoms with Gasteiger partial charge >= 0.3 is 0 Å². The molecule has 6 heteroatoms. The maximum atomic E-state index is 12.4. The summed E-state index contributed by atoms with van der Waals surface area (Å²) in [5.74, 6) is 0.285. The number of hydrogen-bond acceptors (Lipinski definition) is 4. The molecule has 1 aromatic carbocycles. The molecule has 2 rings (SSSR count). The highest BCUT2D eigenvalue weighted by molar-refractivity contribution is 8.01. The first kappa shape index (κ1) is 17.8. The van der Waals surface area contributed by atoms with Crippen molar-refractivity contribution in [3.05, 3.63) is 29.8 Å². The second-order valence-corrected chi connectivity index (χ2v) is 7.29. The van der Waals surface area contributed by atoms with Gasteiger partial charge in [0.05, 0.1) is 11.0 Å². The third kappa shape index (κ3) is 5.25. The van der Waals surface area contributed by atoms with Crippen molar-refractivity contribution in [1.29, 1.82) is 0 Å². The highest BCUT2D eigenvalue weighted by Crippen LogP contribution is 2.17. The molecule has 1 saturated heterocycles. The van der Waals surface area contributed by atoms with Crippen molar-refractivity contribution >= 4 is 29.3 Å². The zero-order valence-corrected chi connectivity index (χ0v) is 14.8. The van der Waals surface area contributed by atoms with E-state index in [4.69, 9.17) is 0 Å². The number of carbonyl (C=O) groups excluding carboxylic acids is 2. The molecule has 1 heterocycles. The topological polar surface area (TPSA) is 61.4 Å². The summed E-state index contributed by atoms with van der Waals surface area (Å²) >= 11 is 1.38. The number of benzene rings is 1. The van der Waals surface area contributed by atoms with Crippen LogP contribution in [0.5, 0.6) is 0 Å². The quantitative estimate of drug-likeness (QED) is 0.833. The molecule has 1 aliphatic heterocycles. The molecule has 0 spiro atoms. The van der Waals surface area contributed by atoms with E-state index in [0.29, 0.717) is 0 Å². The first-order valence-electron chi connectivity index (χ1n) is 7.93. The standard InChI is InChI=1S/C17H25N3O2S/c1-12-4-6-14(7-5-12)19-16(21)11-23-13(2)17(22)20(3)15-8-9-18-10-15/h4-7,13,15,18H,8-11H2,1-3H3,(H,19,21). The summed E-state index contributed by atoms with van der Waals surface area (Å²) in [5.41, 5.74) is 1.94. The third-order valence-corrected chi connectivity index (χ3v) is 5.21. The van der Waals surface area contributed by atoms with E-state index in [1.165, 1.54) is 11.8 Å². The molecule has 2 atom stereocenters. The van der Waals surface area contributed by atoms with Crippen molar-refractivity contribution in [1.82, 2.24) is 10.2 Å². The van der Waals surface area contributed by atoms with Crippen LogP contribution in [0.25, 0.3) is 0 Å². The molecule has 126 valence electrons. The zero-order valence-electron chi connectivity index (χ0n) is 14.0. The Morgan fingerprint density at radius 2 is 2.09 bits per heavy atom. The Morgan fingerprint density at radius 1 is 1.39 bits per heavy atom. The molecule has 1 aromatic rings. The number of amides is 2. The van der Waals surface area contributed by atoms with Crippen molar-refractivity contribution in [2.75, 3.05) is 31.2 Å². The SMILES string of the molecule is Cc1ccc(NC(=O)CSC(C)C(=O)N(C)C2CCNC2)cc1. The molecule has 0 saturated carbocycles. The molecule has 2 N–H and O–H groups in total. The van der Waals surface area contributed by atoms with E-state index in [1.54, 1.807) is 0 Å². The van der Waals surface area contributed by atoms with Gasteiger partial charge in [-0.15, -0.1) is 11.8 Å². The first-order valence-corrected chi connectivity index (χ1v) is 8.97. The number of rotatable bonds is 6. The number of carbonyl (C=O) groups is 2. The smallest absolute Gasteiger partial charge is 0.235 e. The van der Waals surface area contributed by atoms with Gasteiger partial charge in [0.1, 0.15) is 0 Å². The minimum Gasteiger partial charge on any atom is -0.340 e. The van der Waals surface area contributed by atoms with E-state index in [9.17, 15) is 9.59 Å². The number of hydrogen-bond donors (Lipinski definition) is 2. The van der Waals surface area contributed by atoms with Crippen molar-refractivity contribution in [2.24, 2.45) is 0 Å². The Hall–Kier alpha value is -1.53. The van der Waals surface area contributed by atoms with Crippen molar-refractivity contribution in [2.45, 2.75) is 31.6 Å². The van der Waals surface area contributed by atoms with Crippen LogP contribution in [-0.4, -0.2) is 53.9 Å². The Kier molecular flexibility index (Phi) is 6.47. The largest absolute Gasteiger partial charge is 0.340 e. The van der Waals surface area contributed by atoms with Gasteiger partial charge < -0.3 is 15.5 Å². The molecule has 0 radical (unpaired) electrons. The van der Waals surface area contributed by atoms with Crippen LogP contribution in [0.4, 0.5) is 5.69 Å². The van der Waals surface area contributed by atoms with E-state index in [0.717, 1.165) is 30.8 Å². The van der Waals surface area contributed by atoms with Gasteiger partial charge in [-0.25, -0.2) is 0 Å².